The number of carbonyl (C=O) groups is 2. The average molecular weight is 481 g/mol. The molecule has 178 valence electrons. The quantitative estimate of drug-likeness (QED) is 0.444. The number of rotatable bonds is 8. The first-order valence-corrected chi connectivity index (χ1v) is 12.0. The number of nitrogens with zero attached hydrogens (tertiary/aromatic N) is 1. The number of amides is 2. The van der Waals surface area contributed by atoms with Gasteiger partial charge in [-0.05, 0) is 54.3 Å². The predicted octanol–water partition coefficient (Wildman–Crippen LogP) is 5.77. The zero-order valence-corrected chi connectivity index (χ0v) is 20.0. The highest BCUT2D eigenvalue weighted by molar-refractivity contribution is 6.31. The maximum absolute atomic E-state index is 13.8. The molecule has 34 heavy (non-hydrogen) atoms. The van der Waals surface area contributed by atoms with E-state index in [9.17, 15) is 9.59 Å². The minimum atomic E-state index is -0.897. The summed E-state index contributed by atoms with van der Waals surface area (Å²) < 4.78 is 10.8. The van der Waals surface area contributed by atoms with E-state index in [0.29, 0.717) is 16.3 Å². The second kappa shape index (κ2) is 11.3. The highest BCUT2D eigenvalue weighted by Gasteiger charge is 2.35. The van der Waals surface area contributed by atoms with Crippen LogP contribution in [0.3, 0.4) is 0 Å². The van der Waals surface area contributed by atoms with Crippen molar-refractivity contribution in [1.82, 2.24) is 10.2 Å². The maximum Gasteiger partial charge on any atom is 0.290 e. The molecule has 1 aliphatic rings. The van der Waals surface area contributed by atoms with Crippen LogP contribution in [-0.4, -0.2) is 29.9 Å². The first kappa shape index (κ1) is 23.9. The lowest BCUT2D eigenvalue weighted by Gasteiger charge is -2.33. The van der Waals surface area contributed by atoms with Gasteiger partial charge in [0.25, 0.3) is 5.91 Å². The number of benzene rings is 2. The highest BCUT2D eigenvalue weighted by Crippen LogP contribution is 2.30. The molecule has 0 unspecified atom stereocenters. The van der Waals surface area contributed by atoms with Crippen molar-refractivity contribution in [2.75, 3.05) is 7.11 Å². The molecule has 3 aromatic rings. The van der Waals surface area contributed by atoms with Gasteiger partial charge in [-0.15, -0.1) is 0 Å². The number of hydrogen-bond acceptors (Lipinski definition) is 4. The van der Waals surface area contributed by atoms with Gasteiger partial charge in [0, 0.05) is 17.6 Å². The van der Waals surface area contributed by atoms with E-state index in [1.165, 1.54) is 17.6 Å². The lowest BCUT2D eigenvalue weighted by atomic mass is 9.94. The summed E-state index contributed by atoms with van der Waals surface area (Å²) >= 11 is 6.45. The zero-order valence-electron chi connectivity index (χ0n) is 19.2. The lowest BCUT2D eigenvalue weighted by Crippen LogP contribution is -2.46. The van der Waals surface area contributed by atoms with E-state index in [1.54, 1.807) is 31.4 Å². The molecule has 2 amide bonds. The van der Waals surface area contributed by atoms with Gasteiger partial charge < -0.3 is 19.4 Å². The van der Waals surface area contributed by atoms with Gasteiger partial charge in [-0.3, -0.25) is 9.59 Å². The number of furan rings is 1. The molecule has 1 N–H and O–H groups in total. The summed E-state index contributed by atoms with van der Waals surface area (Å²) in [6.45, 7) is 0.138. The molecule has 6 nitrogen and oxygen atoms in total. The van der Waals surface area contributed by atoms with Crippen molar-refractivity contribution < 1.29 is 18.7 Å². The van der Waals surface area contributed by atoms with Crippen molar-refractivity contribution in [1.29, 1.82) is 0 Å². The molecule has 1 aromatic heterocycles. The molecule has 1 aliphatic carbocycles. The van der Waals surface area contributed by atoms with E-state index < -0.39 is 11.9 Å². The van der Waals surface area contributed by atoms with E-state index in [4.69, 9.17) is 20.8 Å². The third-order valence-corrected chi connectivity index (χ3v) is 6.58. The van der Waals surface area contributed by atoms with Crippen LogP contribution in [0.1, 0.15) is 59.8 Å². The summed E-state index contributed by atoms with van der Waals surface area (Å²) in [6, 6.07) is 17.0. The maximum atomic E-state index is 13.8. The van der Waals surface area contributed by atoms with Crippen molar-refractivity contribution in [3.05, 3.63) is 88.8 Å². The van der Waals surface area contributed by atoms with Gasteiger partial charge >= 0.3 is 0 Å². The van der Waals surface area contributed by atoms with E-state index >= 15 is 0 Å². The Balaban J connectivity index is 1.76. The standard InChI is InChI=1S/C27H29ClN2O4/c1-33-22-13-7-10-19(17-22)25(26(31)29-21-11-3-2-4-12-21)30(27(32)24-15-8-16-34-24)18-20-9-5-6-14-23(20)28/h5-10,13-17,21,25H,2-4,11-12,18H2,1H3,(H,29,31)/t25-/m0/s1. The Kier molecular flexibility index (Phi) is 7.91. The summed E-state index contributed by atoms with van der Waals surface area (Å²) in [6.07, 6.45) is 6.68. The van der Waals surface area contributed by atoms with E-state index in [-0.39, 0.29) is 24.3 Å². The largest absolute Gasteiger partial charge is 0.497 e. The van der Waals surface area contributed by atoms with Gasteiger partial charge in [-0.2, -0.15) is 0 Å². The lowest BCUT2D eigenvalue weighted by molar-refractivity contribution is -0.127. The van der Waals surface area contributed by atoms with E-state index in [0.717, 1.165) is 31.2 Å². The third-order valence-electron chi connectivity index (χ3n) is 6.21. The zero-order chi connectivity index (χ0) is 23.9. The molecule has 2 aromatic carbocycles. The van der Waals surface area contributed by atoms with Gasteiger partial charge in [0.2, 0.25) is 5.91 Å². The smallest absolute Gasteiger partial charge is 0.290 e. The Bertz CT molecular complexity index is 1110. The molecular weight excluding hydrogens is 452 g/mol. The second-order valence-electron chi connectivity index (χ2n) is 8.52. The van der Waals surface area contributed by atoms with Gasteiger partial charge in [-0.25, -0.2) is 0 Å². The van der Waals surface area contributed by atoms with Crippen molar-refractivity contribution in [2.24, 2.45) is 0 Å². The Morgan fingerprint density at radius 2 is 1.88 bits per heavy atom. The van der Waals surface area contributed by atoms with Crippen LogP contribution in [0.15, 0.2) is 71.3 Å². The molecule has 1 fully saturated rings. The van der Waals surface area contributed by atoms with Crippen molar-refractivity contribution in [3.63, 3.8) is 0 Å². The van der Waals surface area contributed by atoms with Crippen LogP contribution in [0.25, 0.3) is 0 Å². The number of carbonyl (C=O) groups excluding carboxylic acids is 2. The number of methoxy groups -OCH3 is 1. The molecule has 0 aliphatic heterocycles. The molecule has 1 atom stereocenters. The Morgan fingerprint density at radius 1 is 1.09 bits per heavy atom. The molecule has 7 heteroatoms. The first-order chi connectivity index (χ1) is 16.6. The monoisotopic (exact) mass is 480 g/mol. The van der Waals surface area contributed by atoms with Gasteiger partial charge in [0.15, 0.2) is 5.76 Å². The van der Waals surface area contributed by atoms with Crippen LogP contribution in [0.5, 0.6) is 5.75 Å². The Labute approximate surface area is 204 Å². The van der Waals surface area contributed by atoms with Gasteiger partial charge in [-0.1, -0.05) is 61.2 Å². The second-order valence-corrected chi connectivity index (χ2v) is 8.93. The fraction of sp³-hybridized carbons (Fsp3) is 0.333. The summed E-state index contributed by atoms with van der Waals surface area (Å²) in [5.74, 6) is 0.144. The molecule has 0 bridgehead atoms. The number of halogens is 1. The molecule has 0 radical (unpaired) electrons. The van der Waals surface area contributed by atoms with Crippen molar-refractivity contribution in [2.45, 2.75) is 50.7 Å². The molecular formula is C27H29ClN2O4. The molecule has 4 rings (SSSR count). The summed E-state index contributed by atoms with van der Waals surface area (Å²) in [4.78, 5) is 29.0. The minimum absolute atomic E-state index is 0.0928. The van der Waals surface area contributed by atoms with Gasteiger partial charge in [0.1, 0.15) is 11.8 Å². The summed E-state index contributed by atoms with van der Waals surface area (Å²) in [5.41, 5.74) is 1.39. The molecule has 0 spiro atoms. The number of nitrogens with one attached hydrogen (secondary N) is 1. The topological polar surface area (TPSA) is 71.8 Å². The van der Waals surface area contributed by atoms with Crippen LogP contribution in [-0.2, 0) is 11.3 Å². The van der Waals surface area contributed by atoms with E-state index in [2.05, 4.69) is 5.32 Å². The Hall–Kier alpha value is -3.25. The SMILES string of the molecule is COc1cccc([C@@H](C(=O)NC2CCCCC2)N(Cc2ccccc2Cl)C(=O)c2ccco2)c1. The molecule has 1 saturated carbocycles. The van der Waals surface area contributed by atoms with Crippen LogP contribution in [0.4, 0.5) is 0 Å². The predicted molar refractivity (Wildman–Crippen MR) is 131 cm³/mol. The third kappa shape index (κ3) is 5.62. The van der Waals surface area contributed by atoms with Crippen molar-refractivity contribution in [3.8, 4) is 5.75 Å². The molecule has 0 saturated heterocycles. The fourth-order valence-electron chi connectivity index (χ4n) is 4.44. The number of ether oxygens (including phenoxy) is 1. The normalized spacial score (nSPS) is 14.9. The van der Waals surface area contributed by atoms with Crippen LogP contribution >= 0.6 is 11.6 Å². The Morgan fingerprint density at radius 3 is 2.59 bits per heavy atom. The van der Waals surface area contributed by atoms with Crippen LogP contribution < -0.4 is 10.1 Å². The average Bonchev–Trinajstić information content (AvgIpc) is 3.40. The first-order valence-electron chi connectivity index (χ1n) is 11.6. The van der Waals surface area contributed by atoms with Crippen LogP contribution in [0, 0.1) is 0 Å². The van der Waals surface area contributed by atoms with Crippen molar-refractivity contribution >= 4 is 23.4 Å². The van der Waals surface area contributed by atoms with E-state index in [1.807, 2.05) is 36.4 Å². The summed E-state index contributed by atoms with van der Waals surface area (Å²) in [5, 5.41) is 3.72. The minimum Gasteiger partial charge on any atom is -0.497 e. The summed E-state index contributed by atoms with van der Waals surface area (Å²) in [7, 11) is 1.58. The van der Waals surface area contributed by atoms with Crippen LogP contribution in [0.2, 0.25) is 5.02 Å². The fourth-order valence-corrected chi connectivity index (χ4v) is 4.64. The highest BCUT2D eigenvalue weighted by atomic mass is 35.5. The van der Waals surface area contributed by atoms with Gasteiger partial charge in [0.05, 0.1) is 13.4 Å². The number of hydrogen-bond donors (Lipinski definition) is 1. The molecule has 1 heterocycles.